The van der Waals surface area contributed by atoms with Gasteiger partial charge in [-0.1, -0.05) is 26.0 Å². The second-order valence-electron chi connectivity index (χ2n) is 5.02. The summed E-state index contributed by atoms with van der Waals surface area (Å²) in [4.78, 5) is 21.9. The number of rotatable bonds is 8. The number of hydrogen-bond acceptors (Lipinski definition) is 3. The van der Waals surface area contributed by atoms with Crippen molar-refractivity contribution < 1.29 is 19.4 Å². The maximum atomic E-state index is 11.6. The van der Waals surface area contributed by atoms with Gasteiger partial charge in [0, 0.05) is 6.54 Å². The summed E-state index contributed by atoms with van der Waals surface area (Å²) in [6, 6.07) is 7.35. The molecule has 0 unspecified atom stereocenters. The van der Waals surface area contributed by atoms with Gasteiger partial charge < -0.3 is 15.2 Å². The van der Waals surface area contributed by atoms with Gasteiger partial charge in [0.15, 0.2) is 0 Å². The molecule has 1 aromatic carbocycles. The Morgan fingerprint density at radius 2 is 1.90 bits per heavy atom. The Morgan fingerprint density at radius 1 is 1.25 bits per heavy atom. The largest absolute Gasteiger partial charge is 0.493 e. The molecule has 1 aromatic rings. The van der Waals surface area contributed by atoms with Gasteiger partial charge in [-0.25, -0.2) is 0 Å². The highest BCUT2D eigenvalue weighted by Gasteiger charge is 2.05. The highest BCUT2D eigenvalue weighted by atomic mass is 16.5. The second kappa shape index (κ2) is 8.19. The SMILES string of the molecule is CC(C)COc1ccc(CC(=O)NCCC(=O)O)cc1. The number of carbonyl (C=O) groups excluding carboxylic acids is 1. The summed E-state index contributed by atoms with van der Waals surface area (Å²) in [7, 11) is 0. The van der Waals surface area contributed by atoms with Crippen LogP contribution in [0.1, 0.15) is 25.8 Å². The van der Waals surface area contributed by atoms with Gasteiger partial charge in [-0.05, 0) is 23.6 Å². The lowest BCUT2D eigenvalue weighted by Gasteiger charge is -2.09. The van der Waals surface area contributed by atoms with Gasteiger partial charge in [0.2, 0.25) is 5.91 Å². The van der Waals surface area contributed by atoms with E-state index in [0.717, 1.165) is 11.3 Å². The molecular formula is C15H21NO4. The molecule has 0 fully saturated rings. The number of hydrogen-bond donors (Lipinski definition) is 2. The van der Waals surface area contributed by atoms with Gasteiger partial charge in [0.05, 0.1) is 19.4 Å². The smallest absolute Gasteiger partial charge is 0.305 e. The summed E-state index contributed by atoms with van der Waals surface area (Å²) in [5.74, 6) is 0.155. The van der Waals surface area contributed by atoms with Gasteiger partial charge in [-0.15, -0.1) is 0 Å². The minimum atomic E-state index is -0.919. The van der Waals surface area contributed by atoms with Gasteiger partial charge in [0.25, 0.3) is 0 Å². The van der Waals surface area contributed by atoms with Crippen LogP contribution in [-0.4, -0.2) is 30.1 Å². The number of amides is 1. The van der Waals surface area contributed by atoms with Crippen molar-refractivity contribution in [3.63, 3.8) is 0 Å². The molecule has 0 heterocycles. The van der Waals surface area contributed by atoms with E-state index in [1.807, 2.05) is 24.3 Å². The first-order chi connectivity index (χ1) is 9.47. The minimum absolute atomic E-state index is 0.0618. The van der Waals surface area contributed by atoms with Crippen LogP contribution >= 0.6 is 0 Å². The summed E-state index contributed by atoms with van der Waals surface area (Å²) in [6.45, 7) is 4.98. The number of carboxylic acids is 1. The molecular weight excluding hydrogens is 258 g/mol. The van der Waals surface area contributed by atoms with Crippen molar-refractivity contribution in [2.45, 2.75) is 26.7 Å². The number of benzene rings is 1. The third-order valence-electron chi connectivity index (χ3n) is 2.53. The van der Waals surface area contributed by atoms with E-state index in [9.17, 15) is 9.59 Å². The highest BCUT2D eigenvalue weighted by Crippen LogP contribution is 2.13. The number of aliphatic carboxylic acids is 1. The summed E-state index contributed by atoms with van der Waals surface area (Å²) >= 11 is 0. The summed E-state index contributed by atoms with van der Waals surface area (Å²) in [5.41, 5.74) is 0.870. The molecule has 0 aliphatic carbocycles. The zero-order chi connectivity index (χ0) is 15.0. The Morgan fingerprint density at radius 3 is 2.45 bits per heavy atom. The summed E-state index contributed by atoms with van der Waals surface area (Å²) in [6.07, 6.45) is 0.178. The molecule has 1 rings (SSSR count). The Hall–Kier alpha value is -2.04. The first kappa shape index (κ1) is 16.0. The molecule has 0 bridgehead atoms. The Labute approximate surface area is 118 Å². The molecule has 20 heavy (non-hydrogen) atoms. The molecule has 0 aromatic heterocycles. The molecule has 0 aliphatic heterocycles. The van der Waals surface area contributed by atoms with Crippen LogP contribution in [0.2, 0.25) is 0 Å². The molecule has 0 atom stereocenters. The van der Waals surface area contributed by atoms with Crippen molar-refractivity contribution in [1.29, 1.82) is 0 Å². The number of carbonyl (C=O) groups is 2. The molecule has 0 aliphatic rings. The van der Waals surface area contributed by atoms with E-state index in [0.29, 0.717) is 12.5 Å². The predicted molar refractivity (Wildman–Crippen MR) is 75.7 cm³/mol. The zero-order valence-electron chi connectivity index (χ0n) is 11.9. The highest BCUT2D eigenvalue weighted by molar-refractivity contribution is 5.79. The Kier molecular flexibility index (Phi) is 6.56. The molecule has 5 heteroatoms. The van der Waals surface area contributed by atoms with Crippen molar-refractivity contribution >= 4 is 11.9 Å². The van der Waals surface area contributed by atoms with E-state index in [4.69, 9.17) is 9.84 Å². The maximum absolute atomic E-state index is 11.6. The van der Waals surface area contributed by atoms with Crippen LogP contribution in [0.5, 0.6) is 5.75 Å². The van der Waals surface area contributed by atoms with E-state index in [-0.39, 0.29) is 25.3 Å². The normalized spacial score (nSPS) is 10.3. The molecule has 0 saturated heterocycles. The maximum Gasteiger partial charge on any atom is 0.305 e. The van der Waals surface area contributed by atoms with E-state index < -0.39 is 5.97 Å². The lowest BCUT2D eigenvalue weighted by molar-refractivity contribution is -0.136. The van der Waals surface area contributed by atoms with Crippen molar-refractivity contribution in [3.05, 3.63) is 29.8 Å². The molecule has 0 radical (unpaired) electrons. The van der Waals surface area contributed by atoms with E-state index in [1.165, 1.54) is 0 Å². The lowest BCUT2D eigenvalue weighted by Crippen LogP contribution is -2.27. The molecule has 2 N–H and O–H groups in total. The first-order valence-electron chi connectivity index (χ1n) is 6.67. The third kappa shape index (κ3) is 6.78. The lowest BCUT2D eigenvalue weighted by atomic mass is 10.1. The topological polar surface area (TPSA) is 75.6 Å². The minimum Gasteiger partial charge on any atom is -0.493 e. The van der Waals surface area contributed by atoms with Crippen molar-refractivity contribution in [1.82, 2.24) is 5.32 Å². The number of nitrogens with one attached hydrogen (secondary N) is 1. The summed E-state index contributed by atoms with van der Waals surface area (Å²) < 4.78 is 5.55. The molecule has 110 valence electrons. The molecule has 5 nitrogen and oxygen atoms in total. The van der Waals surface area contributed by atoms with Gasteiger partial charge in [0.1, 0.15) is 5.75 Å². The summed E-state index contributed by atoms with van der Waals surface area (Å²) in [5, 5.41) is 11.0. The van der Waals surface area contributed by atoms with Gasteiger partial charge >= 0.3 is 5.97 Å². The van der Waals surface area contributed by atoms with Crippen LogP contribution in [0.15, 0.2) is 24.3 Å². The van der Waals surface area contributed by atoms with Crippen LogP contribution < -0.4 is 10.1 Å². The monoisotopic (exact) mass is 279 g/mol. The van der Waals surface area contributed by atoms with E-state index in [2.05, 4.69) is 19.2 Å². The van der Waals surface area contributed by atoms with Crippen LogP contribution in [0.4, 0.5) is 0 Å². The van der Waals surface area contributed by atoms with Crippen molar-refractivity contribution in [2.75, 3.05) is 13.2 Å². The van der Waals surface area contributed by atoms with Gasteiger partial charge in [-0.2, -0.15) is 0 Å². The van der Waals surface area contributed by atoms with E-state index >= 15 is 0 Å². The fourth-order valence-corrected chi connectivity index (χ4v) is 1.52. The third-order valence-corrected chi connectivity index (χ3v) is 2.53. The fraction of sp³-hybridized carbons (Fsp3) is 0.467. The van der Waals surface area contributed by atoms with Crippen LogP contribution in [-0.2, 0) is 16.0 Å². The van der Waals surface area contributed by atoms with Crippen LogP contribution in [0, 0.1) is 5.92 Å². The first-order valence-corrected chi connectivity index (χ1v) is 6.67. The fourth-order valence-electron chi connectivity index (χ4n) is 1.52. The van der Waals surface area contributed by atoms with Crippen molar-refractivity contribution in [2.24, 2.45) is 5.92 Å². The molecule has 0 spiro atoms. The average Bonchev–Trinajstić information content (AvgIpc) is 2.37. The Bertz CT molecular complexity index is 440. The molecule has 0 saturated carbocycles. The standard InChI is InChI=1S/C15H21NO4/c1-11(2)10-20-13-5-3-12(4-6-13)9-14(17)16-8-7-15(18)19/h3-6,11H,7-10H2,1-2H3,(H,16,17)(H,18,19). The second-order valence-corrected chi connectivity index (χ2v) is 5.02. The van der Waals surface area contributed by atoms with Crippen molar-refractivity contribution in [3.8, 4) is 5.75 Å². The molecule has 1 amide bonds. The van der Waals surface area contributed by atoms with Gasteiger partial charge in [-0.3, -0.25) is 9.59 Å². The quantitative estimate of drug-likeness (QED) is 0.761. The van der Waals surface area contributed by atoms with Crippen LogP contribution in [0.3, 0.4) is 0 Å². The number of ether oxygens (including phenoxy) is 1. The predicted octanol–water partition coefficient (Wildman–Crippen LogP) is 1.85. The zero-order valence-corrected chi connectivity index (χ0v) is 11.9. The average molecular weight is 279 g/mol. The number of carboxylic acid groups (broad SMARTS) is 1. The van der Waals surface area contributed by atoms with Crippen LogP contribution in [0.25, 0.3) is 0 Å². The Balaban J connectivity index is 2.36. The van der Waals surface area contributed by atoms with E-state index in [1.54, 1.807) is 0 Å².